The zero-order chi connectivity index (χ0) is 22.8. The third kappa shape index (κ3) is 4.35. The smallest absolute Gasteiger partial charge is 0.257 e. The van der Waals surface area contributed by atoms with Crippen molar-refractivity contribution >= 4 is 5.91 Å². The summed E-state index contributed by atoms with van der Waals surface area (Å²) in [5, 5.41) is 13.9. The SMILES string of the molecule is CC(C)C(C)Oc1ccc(C#N)cc1C(=O)N1CCc2nn(-c3ccc(F)cc3)cc2C1. The van der Waals surface area contributed by atoms with Crippen molar-refractivity contribution in [3.63, 3.8) is 0 Å². The fourth-order valence-electron chi connectivity index (χ4n) is 3.59. The van der Waals surface area contributed by atoms with Gasteiger partial charge in [-0.25, -0.2) is 9.07 Å². The van der Waals surface area contributed by atoms with Crippen molar-refractivity contribution in [1.82, 2.24) is 14.7 Å². The average molecular weight is 432 g/mol. The maximum Gasteiger partial charge on any atom is 0.257 e. The van der Waals surface area contributed by atoms with Gasteiger partial charge in [-0.3, -0.25) is 4.79 Å². The number of benzene rings is 2. The third-order valence-electron chi connectivity index (χ3n) is 5.83. The molecule has 1 amide bonds. The Hall–Kier alpha value is -3.66. The number of hydrogen-bond donors (Lipinski definition) is 0. The van der Waals surface area contributed by atoms with Gasteiger partial charge in [-0.1, -0.05) is 13.8 Å². The maximum absolute atomic E-state index is 13.4. The van der Waals surface area contributed by atoms with Crippen molar-refractivity contribution in [2.24, 2.45) is 5.92 Å². The van der Waals surface area contributed by atoms with Gasteiger partial charge in [0.2, 0.25) is 0 Å². The lowest BCUT2D eigenvalue weighted by molar-refractivity contribution is 0.0724. The zero-order valence-electron chi connectivity index (χ0n) is 18.4. The standard InChI is InChI=1S/C25H25FN4O2/c1-16(2)17(3)32-24-9-4-18(13-27)12-22(24)25(31)29-11-10-23-19(14-29)15-30(28-23)21-7-5-20(26)6-8-21/h4-9,12,15-17H,10-11,14H2,1-3H3. The van der Waals surface area contributed by atoms with Gasteiger partial charge < -0.3 is 9.64 Å². The van der Waals surface area contributed by atoms with Crippen molar-refractivity contribution in [2.75, 3.05) is 6.54 Å². The summed E-state index contributed by atoms with van der Waals surface area (Å²) < 4.78 is 21.0. The summed E-state index contributed by atoms with van der Waals surface area (Å²) in [6.45, 7) is 7.00. The number of aromatic nitrogens is 2. The fourth-order valence-corrected chi connectivity index (χ4v) is 3.59. The predicted molar refractivity (Wildman–Crippen MR) is 118 cm³/mol. The molecule has 6 nitrogen and oxygen atoms in total. The number of nitrogens with zero attached hydrogens (tertiary/aromatic N) is 4. The molecule has 1 aromatic heterocycles. The lowest BCUT2D eigenvalue weighted by atomic mass is 10.0. The van der Waals surface area contributed by atoms with Crippen LogP contribution < -0.4 is 4.74 Å². The second-order valence-electron chi connectivity index (χ2n) is 8.39. The summed E-state index contributed by atoms with van der Waals surface area (Å²) in [7, 11) is 0. The molecular formula is C25H25FN4O2. The van der Waals surface area contributed by atoms with E-state index in [-0.39, 0.29) is 23.7 Å². The van der Waals surface area contributed by atoms with Crippen molar-refractivity contribution in [2.45, 2.75) is 39.8 Å². The van der Waals surface area contributed by atoms with Crippen LogP contribution in [-0.4, -0.2) is 33.2 Å². The molecule has 2 aromatic carbocycles. The molecule has 1 aliphatic rings. The molecule has 164 valence electrons. The van der Waals surface area contributed by atoms with Crippen molar-refractivity contribution in [3.05, 3.63) is 76.9 Å². The van der Waals surface area contributed by atoms with Gasteiger partial charge in [-0.15, -0.1) is 0 Å². The van der Waals surface area contributed by atoms with Gasteiger partial charge in [0.25, 0.3) is 5.91 Å². The Morgan fingerprint density at radius 1 is 1.19 bits per heavy atom. The number of ether oxygens (including phenoxy) is 1. The summed E-state index contributed by atoms with van der Waals surface area (Å²) in [4.78, 5) is 15.2. The molecule has 4 rings (SSSR count). The first-order valence-electron chi connectivity index (χ1n) is 10.7. The maximum atomic E-state index is 13.4. The number of fused-ring (bicyclic) bond motifs is 1. The monoisotopic (exact) mass is 432 g/mol. The number of carbonyl (C=O) groups is 1. The van der Waals surface area contributed by atoms with Gasteiger partial charge in [0, 0.05) is 31.3 Å². The van der Waals surface area contributed by atoms with Crippen LogP contribution in [0.3, 0.4) is 0 Å². The van der Waals surface area contributed by atoms with Crippen LogP contribution in [0.5, 0.6) is 5.75 Å². The second kappa shape index (κ2) is 8.83. The molecule has 0 aliphatic carbocycles. The summed E-state index contributed by atoms with van der Waals surface area (Å²) >= 11 is 0. The van der Waals surface area contributed by atoms with Crippen LogP contribution in [-0.2, 0) is 13.0 Å². The van der Waals surface area contributed by atoms with Gasteiger partial charge in [0.05, 0.1) is 34.7 Å². The Bertz CT molecular complexity index is 1180. The van der Waals surface area contributed by atoms with Crippen LogP contribution >= 0.6 is 0 Å². The van der Waals surface area contributed by atoms with Crippen LogP contribution in [0.25, 0.3) is 5.69 Å². The van der Waals surface area contributed by atoms with Gasteiger partial charge in [0.15, 0.2) is 0 Å². The van der Waals surface area contributed by atoms with Gasteiger partial charge in [-0.2, -0.15) is 10.4 Å². The molecule has 7 heteroatoms. The fraction of sp³-hybridized carbons (Fsp3) is 0.320. The first kappa shape index (κ1) is 21.6. The van der Waals surface area contributed by atoms with E-state index in [0.29, 0.717) is 36.4 Å². The lowest BCUT2D eigenvalue weighted by Gasteiger charge is -2.28. The predicted octanol–water partition coefficient (Wildman–Crippen LogP) is 4.50. The van der Waals surface area contributed by atoms with Crippen molar-refractivity contribution in [3.8, 4) is 17.5 Å². The number of amides is 1. The number of carbonyl (C=O) groups excluding carboxylic acids is 1. The zero-order valence-corrected chi connectivity index (χ0v) is 18.4. The van der Waals surface area contributed by atoms with Gasteiger partial charge >= 0.3 is 0 Å². The second-order valence-corrected chi connectivity index (χ2v) is 8.39. The molecular weight excluding hydrogens is 407 g/mol. The number of rotatable bonds is 5. The quantitative estimate of drug-likeness (QED) is 0.595. The molecule has 0 spiro atoms. The van der Waals surface area contributed by atoms with E-state index in [4.69, 9.17) is 4.74 Å². The normalized spacial score (nSPS) is 14.1. The minimum atomic E-state index is -0.299. The molecule has 0 N–H and O–H groups in total. The highest BCUT2D eigenvalue weighted by molar-refractivity contribution is 5.97. The minimum Gasteiger partial charge on any atom is -0.490 e. The van der Waals surface area contributed by atoms with E-state index in [9.17, 15) is 14.4 Å². The lowest BCUT2D eigenvalue weighted by Crippen LogP contribution is -2.36. The third-order valence-corrected chi connectivity index (χ3v) is 5.83. The highest BCUT2D eigenvalue weighted by Crippen LogP contribution is 2.27. The number of hydrogen-bond acceptors (Lipinski definition) is 4. The molecule has 1 atom stereocenters. The molecule has 32 heavy (non-hydrogen) atoms. The van der Waals surface area contributed by atoms with Crippen LogP contribution in [0.2, 0.25) is 0 Å². The van der Waals surface area contributed by atoms with Crippen molar-refractivity contribution < 1.29 is 13.9 Å². The molecule has 0 fully saturated rings. The Kier molecular flexibility index (Phi) is 5.95. The molecule has 0 bridgehead atoms. The van der Waals surface area contributed by atoms with Crippen LogP contribution in [0.1, 0.15) is 48.0 Å². The highest BCUT2D eigenvalue weighted by Gasteiger charge is 2.27. The molecule has 2 heterocycles. The molecule has 0 saturated heterocycles. The molecule has 0 radical (unpaired) electrons. The molecule has 0 saturated carbocycles. The summed E-state index contributed by atoms with van der Waals surface area (Å²) in [5.41, 5.74) is 3.45. The van der Waals surface area contributed by atoms with E-state index in [2.05, 4.69) is 25.0 Å². The number of halogens is 1. The summed E-state index contributed by atoms with van der Waals surface area (Å²) in [5.74, 6) is 0.298. The first-order chi connectivity index (χ1) is 15.4. The summed E-state index contributed by atoms with van der Waals surface area (Å²) in [6, 6.07) is 13.2. The van der Waals surface area contributed by atoms with Crippen LogP contribution in [0, 0.1) is 23.1 Å². The van der Waals surface area contributed by atoms with E-state index >= 15 is 0 Å². The largest absolute Gasteiger partial charge is 0.490 e. The minimum absolute atomic E-state index is 0.0728. The first-order valence-corrected chi connectivity index (χ1v) is 10.7. The van der Waals surface area contributed by atoms with E-state index in [1.54, 1.807) is 39.9 Å². The molecule has 1 unspecified atom stereocenters. The Morgan fingerprint density at radius 2 is 1.94 bits per heavy atom. The topological polar surface area (TPSA) is 71.2 Å². The Labute approximate surface area is 186 Å². The van der Waals surface area contributed by atoms with Crippen LogP contribution in [0.4, 0.5) is 4.39 Å². The Morgan fingerprint density at radius 3 is 2.62 bits per heavy atom. The van der Waals surface area contributed by atoms with Gasteiger partial charge in [0.1, 0.15) is 11.6 Å². The average Bonchev–Trinajstić information content (AvgIpc) is 3.22. The molecule has 3 aromatic rings. The Balaban J connectivity index is 1.59. The molecule has 1 aliphatic heterocycles. The van der Waals surface area contributed by atoms with Crippen LogP contribution in [0.15, 0.2) is 48.7 Å². The van der Waals surface area contributed by atoms with E-state index in [0.717, 1.165) is 16.9 Å². The van der Waals surface area contributed by atoms with E-state index in [1.165, 1.54) is 12.1 Å². The van der Waals surface area contributed by atoms with Gasteiger partial charge in [-0.05, 0) is 55.3 Å². The van der Waals surface area contributed by atoms with E-state index < -0.39 is 0 Å². The summed E-state index contributed by atoms with van der Waals surface area (Å²) in [6.07, 6.45) is 2.42. The van der Waals surface area contributed by atoms with E-state index in [1.807, 2.05) is 13.1 Å². The highest BCUT2D eigenvalue weighted by atomic mass is 19.1. The number of nitriles is 1. The van der Waals surface area contributed by atoms with Crippen molar-refractivity contribution in [1.29, 1.82) is 5.26 Å².